The van der Waals surface area contributed by atoms with Gasteiger partial charge < -0.3 is 25.4 Å². The number of carbonyl (C=O) groups excluding carboxylic acids is 2. The molecule has 2 rings (SSSR count). The Balaban J connectivity index is 2.15. The van der Waals surface area contributed by atoms with Crippen molar-refractivity contribution in [3.8, 4) is 17.6 Å². The molecule has 0 fully saturated rings. The van der Waals surface area contributed by atoms with Crippen molar-refractivity contribution < 1.29 is 29.3 Å². The van der Waals surface area contributed by atoms with E-state index in [1.807, 2.05) is 52.8 Å². The zero-order valence-electron chi connectivity index (χ0n) is 24.4. The minimum Gasteiger partial charge on any atom is -0.507 e. The fraction of sp³-hybridized carbons (Fsp3) is 0.455. The maximum Gasteiger partial charge on any atom is 0.404 e. The van der Waals surface area contributed by atoms with E-state index in [1.54, 1.807) is 42.5 Å². The number of aliphatic hydroxyl groups is 1. The summed E-state index contributed by atoms with van der Waals surface area (Å²) in [7, 11) is 0. The van der Waals surface area contributed by atoms with Gasteiger partial charge in [0.25, 0.3) is 0 Å². The number of allylic oxidation sites excluding steroid dienone is 4. The molecule has 0 spiro atoms. The fourth-order valence-electron chi connectivity index (χ4n) is 4.50. The molecule has 1 amide bonds. The first-order chi connectivity index (χ1) is 19.3. The zero-order chi connectivity index (χ0) is 30.6. The molecule has 222 valence electrons. The van der Waals surface area contributed by atoms with Gasteiger partial charge in [-0.1, -0.05) is 82.9 Å². The minimum absolute atomic E-state index is 0.0645. The quantitative estimate of drug-likeness (QED) is 0.185. The van der Waals surface area contributed by atoms with Crippen molar-refractivity contribution in [1.82, 2.24) is 0 Å². The number of phenolic OH excluding ortho intramolecular Hbond substituents is 1. The molecular weight excluding hydrogens is 586 g/mol. The number of hydrogen-bond donors (Lipinski definition) is 3. The lowest BCUT2D eigenvalue weighted by Gasteiger charge is -2.28. The Hall–Kier alpha value is -3.28. The molecule has 0 aliphatic carbocycles. The van der Waals surface area contributed by atoms with E-state index in [-0.39, 0.29) is 29.6 Å². The van der Waals surface area contributed by atoms with Crippen LogP contribution in [0.25, 0.3) is 0 Å². The van der Waals surface area contributed by atoms with Crippen LogP contribution in [0.15, 0.2) is 71.3 Å². The number of phenols is 1. The van der Waals surface area contributed by atoms with Crippen LogP contribution in [0.5, 0.6) is 5.75 Å². The monoisotopic (exact) mass is 627 g/mol. The van der Waals surface area contributed by atoms with Crippen molar-refractivity contribution >= 4 is 28.0 Å². The Morgan fingerprint density at radius 3 is 2.61 bits per heavy atom. The summed E-state index contributed by atoms with van der Waals surface area (Å²) in [5.41, 5.74) is 5.21. The number of ether oxygens (including phenoxy) is 2. The lowest BCUT2D eigenvalue weighted by atomic mass is 9.82. The van der Waals surface area contributed by atoms with Crippen LogP contribution in [-0.2, 0) is 14.3 Å². The van der Waals surface area contributed by atoms with Crippen molar-refractivity contribution in [1.29, 1.82) is 0 Å². The fourth-order valence-corrected chi connectivity index (χ4v) is 4.98. The second kappa shape index (κ2) is 16.2. The molecule has 0 bridgehead atoms. The summed E-state index contributed by atoms with van der Waals surface area (Å²) in [4.78, 5) is 23.9. The molecule has 8 heteroatoms. The summed E-state index contributed by atoms with van der Waals surface area (Å²) in [5, 5.41) is 20.8. The van der Waals surface area contributed by atoms with Crippen LogP contribution in [-0.4, -0.2) is 34.5 Å². The summed E-state index contributed by atoms with van der Waals surface area (Å²) in [6.07, 6.45) is 13.6. The average molecular weight is 629 g/mol. The second-order valence-electron chi connectivity index (χ2n) is 11.3. The number of halogens is 1. The molecule has 1 heterocycles. The lowest BCUT2D eigenvalue weighted by molar-refractivity contribution is -0.142. The van der Waals surface area contributed by atoms with E-state index in [1.165, 1.54) is 6.08 Å². The number of aliphatic hydroxyl groups excluding tert-OH is 1. The highest BCUT2D eigenvalue weighted by Crippen LogP contribution is 2.40. The van der Waals surface area contributed by atoms with Gasteiger partial charge in [0, 0.05) is 17.4 Å². The number of primary amides is 1. The predicted molar refractivity (Wildman–Crippen MR) is 165 cm³/mol. The summed E-state index contributed by atoms with van der Waals surface area (Å²) in [5.74, 6) is 5.69. The highest BCUT2D eigenvalue weighted by atomic mass is 79.9. The van der Waals surface area contributed by atoms with Gasteiger partial charge in [-0.3, -0.25) is 0 Å². The molecule has 41 heavy (non-hydrogen) atoms. The number of carbonyl (C=O) groups is 2. The topological polar surface area (TPSA) is 119 Å². The maximum atomic E-state index is 12.5. The van der Waals surface area contributed by atoms with E-state index in [2.05, 4.69) is 27.8 Å². The molecule has 0 saturated heterocycles. The molecule has 1 aliphatic rings. The van der Waals surface area contributed by atoms with Gasteiger partial charge in [-0.25, -0.2) is 9.59 Å². The van der Waals surface area contributed by atoms with Crippen molar-refractivity contribution in [3.05, 3.63) is 76.8 Å². The van der Waals surface area contributed by atoms with Crippen LogP contribution < -0.4 is 5.73 Å². The van der Waals surface area contributed by atoms with E-state index in [9.17, 15) is 19.8 Å². The average Bonchev–Trinajstić information content (AvgIpc) is 2.88. The molecular formula is C33H42BrNO6. The molecule has 1 aromatic carbocycles. The highest BCUT2D eigenvalue weighted by Gasteiger charge is 2.28. The number of hydrogen-bond acceptors (Lipinski definition) is 6. The van der Waals surface area contributed by atoms with Crippen molar-refractivity contribution in [2.45, 2.75) is 72.2 Å². The van der Waals surface area contributed by atoms with Crippen LogP contribution >= 0.6 is 15.9 Å². The van der Waals surface area contributed by atoms with Crippen LogP contribution in [0.1, 0.15) is 65.5 Å². The van der Waals surface area contributed by atoms with E-state index >= 15 is 0 Å². The van der Waals surface area contributed by atoms with E-state index < -0.39 is 29.7 Å². The van der Waals surface area contributed by atoms with Gasteiger partial charge in [0.1, 0.15) is 18.0 Å². The molecule has 6 atom stereocenters. The Morgan fingerprint density at radius 2 is 1.90 bits per heavy atom. The number of aromatic hydroxyl groups is 1. The number of nitrogens with two attached hydrogens (primary N) is 1. The number of amides is 1. The summed E-state index contributed by atoms with van der Waals surface area (Å²) >= 11 is 3.34. The third kappa shape index (κ3) is 11.6. The number of rotatable bonds is 5. The molecule has 1 aromatic rings. The highest BCUT2D eigenvalue weighted by molar-refractivity contribution is 9.10. The summed E-state index contributed by atoms with van der Waals surface area (Å²) in [6.45, 7) is 9.79. The van der Waals surface area contributed by atoms with Crippen LogP contribution in [0, 0.1) is 35.0 Å². The summed E-state index contributed by atoms with van der Waals surface area (Å²) in [6, 6.07) is 4.99. The SMILES string of the molecule is C[C@H]1C/C=C\C(=O)O[C@@H](/C=C/C#C/C=C/C(C)(C)[C@@H](O)c2cccc(O)c2Br)[C@H](C)/C=C/[C@@H](C)CC(OC(N)=O)C1. The van der Waals surface area contributed by atoms with Gasteiger partial charge in [0.05, 0.1) is 10.6 Å². The third-order valence-corrected chi connectivity index (χ3v) is 7.81. The van der Waals surface area contributed by atoms with Crippen LogP contribution in [0.2, 0.25) is 0 Å². The Morgan fingerprint density at radius 1 is 1.20 bits per heavy atom. The molecule has 4 N–H and O–H groups in total. The third-order valence-electron chi connectivity index (χ3n) is 6.95. The zero-order valence-corrected chi connectivity index (χ0v) is 26.0. The molecule has 0 radical (unpaired) electrons. The standard InChI is InChI=1S/C33H42BrNO6/c1-22-12-10-16-29(37)41-28(24(3)18-17-23(2)21-25(20-22)40-32(35)39)15-8-6-7-9-19-33(4,5)31(38)26-13-11-14-27(36)30(26)34/h8-11,13-19,22-25,28,31,36,38H,12,20-21H2,1-5H3,(H2,35,39)/b15-8+,16-10-,18-17+,19-9+/t22-,23+,24+,25?,28-,31-/m0/s1. The molecule has 1 unspecified atom stereocenters. The van der Waals surface area contributed by atoms with Crippen molar-refractivity contribution in [3.63, 3.8) is 0 Å². The molecule has 0 aromatic heterocycles. The number of esters is 1. The first-order valence-electron chi connectivity index (χ1n) is 13.8. The Kier molecular flexibility index (Phi) is 13.4. The molecule has 0 saturated carbocycles. The maximum absolute atomic E-state index is 12.5. The van der Waals surface area contributed by atoms with E-state index in [0.717, 1.165) is 0 Å². The van der Waals surface area contributed by atoms with Gasteiger partial charge in [0.2, 0.25) is 0 Å². The van der Waals surface area contributed by atoms with Gasteiger partial charge in [-0.05, 0) is 76.9 Å². The number of cyclic esters (lactones) is 1. The molecule has 7 nitrogen and oxygen atoms in total. The smallest absolute Gasteiger partial charge is 0.404 e. The normalized spacial score (nSPS) is 26.8. The van der Waals surface area contributed by atoms with Crippen molar-refractivity contribution in [2.75, 3.05) is 0 Å². The Labute approximate surface area is 252 Å². The van der Waals surface area contributed by atoms with E-state index in [0.29, 0.717) is 29.3 Å². The first-order valence-corrected chi connectivity index (χ1v) is 14.6. The molecule has 1 aliphatic heterocycles. The van der Waals surface area contributed by atoms with Crippen molar-refractivity contribution in [2.24, 2.45) is 28.9 Å². The van der Waals surface area contributed by atoms with Crippen LogP contribution in [0.4, 0.5) is 4.79 Å². The largest absolute Gasteiger partial charge is 0.507 e. The Bertz CT molecular complexity index is 1220. The van der Waals surface area contributed by atoms with Gasteiger partial charge in [-0.15, -0.1) is 0 Å². The first kappa shape index (κ1) is 33.9. The lowest BCUT2D eigenvalue weighted by Crippen LogP contribution is -2.26. The van der Waals surface area contributed by atoms with Crippen LogP contribution in [0.3, 0.4) is 0 Å². The number of benzene rings is 1. The van der Waals surface area contributed by atoms with E-state index in [4.69, 9.17) is 15.2 Å². The van der Waals surface area contributed by atoms with Gasteiger partial charge >= 0.3 is 12.1 Å². The minimum atomic E-state index is -0.870. The second-order valence-corrected chi connectivity index (χ2v) is 12.1. The predicted octanol–water partition coefficient (Wildman–Crippen LogP) is 6.91. The van der Waals surface area contributed by atoms with Gasteiger partial charge in [0.15, 0.2) is 0 Å². The van der Waals surface area contributed by atoms with Gasteiger partial charge in [-0.2, -0.15) is 0 Å². The summed E-state index contributed by atoms with van der Waals surface area (Å²) < 4.78 is 11.5.